The number of methoxy groups -OCH3 is 1. The van der Waals surface area contributed by atoms with Gasteiger partial charge in [0.1, 0.15) is 5.75 Å². The molecule has 0 spiro atoms. The molecule has 0 unspecified atom stereocenters. The number of benzene rings is 1. The molecule has 2 rings (SSSR count). The van der Waals surface area contributed by atoms with Crippen LogP contribution in [0.3, 0.4) is 0 Å². The van der Waals surface area contributed by atoms with Gasteiger partial charge in [0, 0.05) is 13.1 Å². The van der Waals surface area contributed by atoms with Gasteiger partial charge in [-0.1, -0.05) is 37.8 Å². The van der Waals surface area contributed by atoms with Crippen molar-refractivity contribution in [1.29, 1.82) is 0 Å². The summed E-state index contributed by atoms with van der Waals surface area (Å²) in [4.78, 5) is 0. The largest absolute Gasteiger partial charge is 0.496 e. The van der Waals surface area contributed by atoms with E-state index >= 15 is 0 Å². The Balaban J connectivity index is 1.84. The lowest BCUT2D eigenvalue weighted by Crippen LogP contribution is -2.39. The summed E-state index contributed by atoms with van der Waals surface area (Å²) < 4.78 is 5.27. The fourth-order valence-corrected chi connectivity index (χ4v) is 3.05. The molecule has 2 N–H and O–H groups in total. The minimum atomic E-state index is -0.502. The van der Waals surface area contributed by atoms with Crippen LogP contribution in [0.2, 0.25) is 0 Å². The average Bonchev–Trinajstić information content (AvgIpc) is 2.64. The second-order valence-corrected chi connectivity index (χ2v) is 6.05. The highest BCUT2D eigenvalue weighted by molar-refractivity contribution is 5.36. The SMILES string of the molecule is COc1ccc(CNCC2(O)CCCCCC2)cc1C. The lowest BCUT2D eigenvalue weighted by Gasteiger charge is -2.27. The molecule has 20 heavy (non-hydrogen) atoms. The smallest absolute Gasteiger partial charge is 0.121 e. The molecule has 0 aromatic heterocycles. The van der Waals surface area contributed by atoms with Crippen LogP contribution in [0.15, 0.2) is 18.2 Å². The van der Waals surface area contributed by atoms with E-state index in [9.17, 15) is 5.11 Å². The molecule has 3 heteroatoms. The van der Waals surface area contributed by atoms with Crippen LogP contribution < -0.4 is 10.1 Å². The first kappa shape index (κ1) is 15.3. The predicted octanol–water partition coefficient (Wildman–Crippen LogP) is 3.18. The van der Waals surface area contributed by atoms with Gasteiger partial charge < -0.3 is 15.2 Å². The average molecular weight is 277 g/mol. The van der Waals surface area contributed by atoms with Gasteiger partial charge in [0.25, 0.3) is 0 Å². The van der Waals surface area contributed by atoms with Crippen molar-refractivity contribution in [2.75, 3.05) is 13.7 Å². The van der Waals surface area contributed by atoms with Crippen molar-refractivity contribution < 1.29 is 9.84 Å². The summed E-state index contributed by atoms with van der Waals surface area (Å²) in [6.07, 6.45) is 6.70. The van der Waals surface area contributed by atoms with E-state index in [1.807, 2.05) is 6.07 Å². The fraction of sp³-hybridized carbons (Fsp3) is 0.647. The molecule has 1 saturated carbocycles. The zero-order valence-electron chi connectivity index (χ0n) is 12.7. The molecule has 0 heterocycles. The van der Waals surface area contributed by atoms with Crippen molar-refractivity contribution in [1.82, 2.24) is 5.32 Å². The first-order chi connectivity index (χ1) is 9.63. The molecule has 0 atom stereocenters. The molecular formula is C17H27NO2. The number of aryl methyl sites for hydroxylation is 1. The van der Waals surface area contributed by atoms with Crippen LogP contribution in [-0.4, -0.2) is 24.4 Å². The number of ether oxygens (including phenoxy) is 1. The van der Waals surface area contributed by atoms with Gasteiger partial charge in [-0.15, -0.1) is 0 Å². The Labute approximate surface area is 122 Å². The molecule has 0 amide bonds. The monoisotopic (exact) mass is 277 g/mol. The van der Waals surface area contributed by atoms with E-state index in [0.717, 1.165) is 43.5 Å². The Kier molecular flexibility index (Phi) is 5.44. The lowest BCUT2D eigenvalue weighted by molar-refractivity contribution is 0.0250. The van der Waals surface area contributed by atoms with Crippen molar-refractivity contribution in [2.24, 2.45) is 0 Å². The topological polar surface area (TPSA) is 41.5 Å². The van der Waals surface area contributed by atoms with Crippen molar-refractivity contribution in [3.05, 3.63) is 29.3 Å². The quantitative estimate of drug-likeness (QED) is 0.812. The van der Waals surface area contributed by atoms with Gasteiger partial charge >= 0.3 is 0 Å². The Morgan fingerprint density at radius 1 is 1.20 bits per heavy atom. The summed E-state index contributed by atoms with van der Waals surface area (Å²) in [5.74, 6) is 0.927. The van der Waals surface area contributed by atoms with Gasteiger partial charge in [0.2, 0.25) is 0 Å². The third-order valence-corrected chi connectivity index (χ3v) is 4.28. The van der Waals surface area contributed by atoms with E-state index in [1.54, 1.807) is 7.11 Å². The summed E-state index contributed by atoms with van der Waals surface area (Å²) in [5, 5.41) is 14.0. The normalized spacial score (nSPS) is 18.6. The van der Waals surface area contributed by atoms with Gasteiger partial charge in [-0.25, -0.2) is 0 Å². The Bertz CT molecular complexity index is 423. The molecule has 1 aromatic carbocycles. The number of aliphatic hydroxyl groups is 1. The highest BCUT2D eigenvalue weighted by atomic mass is 16.5. The first-order valence-corrected chi connectivity index (χ1v) is 7.70. The standard InChI is InChI=1S/C17H27NO2/c1-14-11-15(7-8-16(14)20-2)12-18-13-17(19)9-5-3-4-6-10-17/h7-8,11,18-19H,3-6,9-10,12-13H2,1-2H3. The molecule has 112 valence electrons. The molecule has 1 aromatic rings. The van der Waals surface area contributed by atoms with Gasteiger partial charge in [0.15, 0.2) is 0 Å². The maximum absolute atomic E-state index is 10.6. The van der Waals surface area contributed by atoms with Crippen molar-refractivity contribution in [3.8, 4) is 5.75 Å². The van der Waals surface area contributed by atoms with E-state index in [1.165, 1.54) is 18.4 Å². The minimum absolute atomic E-state index is 0.502. The molecule has 0 bridgehead atoms. The maximum Gasteiger partial charge on any atom is 0.121 e. The number of hydrogen-bond acceptors (Lipinski definition) is 3. The highest BCUT2D eigenvalue weighted by Gasteiger charge is 2.27. The lowest BCUT2D eigenvalue weighted by atomic mass is 9.94. The Morgan fingerprint density at radius 2 is 1.90 bits per heavy atom. The van der Waals surface area contributed by atoms with Crippen molar-refractivity contribution >= 4 is 0 Å². The van der Waals surface area contributed by atoms with Crippen LogP contribution in [-0.2, 0) is 6.54 Å². The third kappa shape index (κ3) is 4.22. The third-order valence-electron chi connectivity index (χ3n) is 4.28. The van der Waals surface area contributed by atoms with E-state index in [-0.39, 0.29) is 0 Å². The van der Waals surface area contributed by atoms with Crippen LogP contribution in [0.1, 0.15) is 49.7 Å². The van der Waals surface area contributed by atoms with E-state index in [2.05, 4.69) is 24.4 Å². The molecule has 0 aliphatic heterocycles. The zero-order valence-corrected chi connectivity index (χ0v) is 12.7. The van der Waals surface area contributed by atoms with Crippen LogP contribution >= 0.6 is 0 Å². The summed E-state index contributed by atoms with van der Waals surface area (Å²) in [7, 11) is 1.70. The van der Waals surface area contributed by atoms with Crippen LogP contribution in [0.5, 0.6) is 5.75 Å². The summed E-state index contributed by atoms with van der Waals surface area (Å²) >= 11 is 0. The Hall–Kier alpha value is -1.06. The van der Waals surface area contributed by atoms with Crippen LogP contribution in [0, 0.1) is 6.92 Å². The number of nitrogens with one attached hydrogen (secondary N) is 1. The maximum atomic E-state index is 10.6. The van der Waals surface area contributed by atoms with Gasteiger partial charge in [-0.3, -0.25) is 0 Å². The second-order valence-electron chi connectivity index (χ2n) is 6.05. The molecular weight excluding hydrogens is 250 g/mol. The zero-order chi connectivity index (χ0) is 14.4. The number of rotatable bonds is 5. The molecule has 1 aliphatic carbocycles. The minimum Gasteiger partial charge on any atom is -0.496 e. The van der Waals surface area contributed by atoms with E-state index in [4.69, 9.17) is 4.74 Å². The van der Waals surface area contributed by atoms with Crippen molar-refractivity contribution in [2.45, 2.75) is 57.6 Å². The Morgan fingerprint density at radius 3 is 2.50 bits per heavy atom. The van der Waals surface area contributed by atoms with Gasteiger partial charge in [-0.2, -0.15) is 0 Å². The van der Waals surface area contributed by atoms with Crippen LogP contribution in [0.25, 0.3) is 0 Å². The summed E-state index contributed by atoms with van der Waals surface area (Å²) in [5.41, 5.74) is 1.89. The molecule has 0 saturated heterocycles. The number of hydrogen-bond donors (Lipinski definition) is 2. The molecule has 3 nitrogen and oxygen atoms in total. The van der Waals surface area contributed by atoms with E-state index in [0.29, 0.717) is 6.54 Å². The summed E-state index contributed by atoms with van der Waals surface area (Å²) in [6, 6.07) is 6.23. The predicted molar refractivity (Wildman–Crippen MR) is 82.1 cm³/mol. The summed E-state index contributed by atoms with van der Waals surface area (Å²) in [6.45, 7) is 3.55. The second kappa shape index (κ2) is 7.09. The van der Waals surface area contributed by atoms with Crippen LogP contribution in [0.4, 0.5) is 0 Å². The first-order valence-electron chi connectivity index (χ1n) is 7.70. The molecule has 1 aliphatic rings. The highest BCUT2D eigenvalue weighted by Crippen LogP contribution is 2.26. The van der Waals surface area contributed by atoms with E-state index < -0.39 is 5.60 Å². The van der Waals surface area contributed by atoms with Crippen molar-refractivity contribution in [3.63, 3.8) is 0 Å². The van der Waals surface area contributed by atoms with Gasteiger partial charge in [-0.05, 0) is 37.0 Å². The fourth-order valence-electron chi connectivity index (χ4n) is 3.05. The van der Waals surface area contributed by atoms with Gasteiger partial charge in [0.05, 0.1) is 12.7 Å². The molecule has 1 fully saturated rings. The molecule has 0 radical (unpaired) electrons.